The number of aromatic nitrogens is 4. The molecule has 1 aliphatic carbocycles. The summed E-state index contributed by atoms with van der Waals surface area (Å²) in [5, 5.41) is 15.0. The van der Waals surface area contributed by atoms with Crippen LogP contribution in [0.2, 0.25) is 0 Å². The van der Waals surface area contributed by atoms with E-state index >= 15 is 0 Å². The van der Waals surface area contributed by atoms with Gasteiger partial charge in [0.05, 0.1) is 27.3 Å². The van der Waals surface area contributed by atoms with Crippen LogP contribution >= 0.6 is 11.3 Å². The van der Waals surface area contributed by atoms with Crippen molar-refractivity contribution >= 4 is 33.3 Å². The first kappa shape index (κ1) is 20.9. The number of hydrogen-bond donors (Lipinski definition) is 2. The fourth-order valence-electron chi connectivity index (χ4n) is 4.16. The van der Waals surface area contributed by atoms with E-state index in [0.717, 1.165) is 57.3 Å². The number of aliphatic hydroxyl groups is 1. The largest absolute Gasteiger partial charge is 0.390 e. The lowest BCUT2D eigenvalue weighted by Gasteiger charge is -2.26. The van der Waals surface area contributed by atoms with Gasteiger partial charge < -0.3 is 15.3 Å². The van der Waals surface area contributed by atoms with E-state index in [4.69, 9.17) is 15.0 Å². The lowest BCUT2D eigenvalue weighted by atomic mass is 9.89. The van der Waals surface area contributed by atoms with E-state index in [2.05, 4.69) is 10.3 Å². The number of nitrogens with zero attached hydrogens (tertiary/aromatic N) is 5. The molecule has 30 heavy (non-hydrogen) atoms. The Morgan fingerprint density at radius 1 is 1.13 bits per heavy atom. The highest BCUT2D eigenvalue weighted by atomic mass is 32.1. The minimum atomic E-state index is -0.660. The zero-order valence-corrected chi connectivity index (χ0v) is 19.3. The summed E-state index contributed by atoms with van der Waals surface area (Å²) < 4.78 is 1.11. The maximum atomic E-state index is 10.4. The lowest BCUT2D eigenvalue weighted by Crippen LogP contribution is -2.30. The van der Waals surface area contributed by atoms with Crippen LogP contribution in [-0.2, 0) is 0 Å². The Bertz CT molecular complexity index is 1070. The van der Waals surface area contributed by atoms with Gasteiger partial charge in [-0.1, -0.05) is 0 Å². The van der Waals surface area contributed by atoms with Crippen LogP contribution in [-0.4, -0.2) is 50.8 Å². The molecule has 2 N–H and O–H groups in total. The van der Waals surface area contributed by atoms with Gasteiger partial charge in [-0.2, -0.15) is 4.98 Å². The van der Waals surface area contributed by atoms with Gasteiger partial charge in [0.15, 0.2) is 0 Å². The van der Waals surface area contributed by atoms with Gasteiger partial charge in [-0.3, -0.25) is 4.98 Å². The summed E-state index contributed by atoms with van der Waals surface area (Å²) in [5.41, 5.74) is 3.05. The fourth-order valence-corrected chi connectivity index (χ4v) is 5.27. The Morgan fingerprint density at radius 3 is 2.53 bits per heavy atom. The standard InChI is InChI=1S/C22H30N6OS/c1-12-17(20-26-18-13(2)23-10-9-16(18)30-20)19(27-21(24-12)28(5)6)25-15-8-7-14(11-15)22(3,4)29/h9-10,14-15,29H,7-8,11H2,1-6H3,(H,24,25,27). The minimum absolute atomic E-state index is 0.266. The molecule has 3 aromatic rings. The van der Waals surface area contributed by atoms with Gasteiger partial charge >= 0.3 is 0 Å². The third-order valence-corrected chi connectivity index (χ3v) is 6.99. The number of anilines is 2. The van der Waals surface area contributed by atoms with Crippen LogP contribution in [0.4, 0.5) is 11.8 Å². The molecular weight excluding hydrogens is 396 g/mol. The van der Waals surface area contributed by atoms with E-state index in [1.54, 1.807) is 11.3 Å². The van der Waals surface area contributed by atoms with E-state index < -0.39 is 5.60 Å². The van der Waals surface area contributed by atoms with Crippen LogP contribution in [0.1, 0.15) is 44.5 Å². The molecule has 3 aromatic heterocycles. The van der Waals surface area contributed by atoms with Crippen molar-refractivity contribution in [3.63, 3.8) is 0 Å². The molecule has 0 aromatic carbocycles. The summed E-state index contributed by atoms with van der Waals surface area (Å²) in [6, 6.07) is 2.27. The van der Waals surface area contributed by atoms with Crippen molar-refractivity contribution in [2.75, 3.05) is 24.3 Å². The molecule has 0 radical (unpaired) electrons. The van der Waals surface area contributed by atoms with Gasteiger partial charge in [-0.25, -0.2) is 9.97 Å². The second kappa shape index (κ2) is 7.74. The molecule has 2 atom stereocenters. The van der Waals surface area contributed by atoms with Gasteiger partial charge in [0.25, 0.3) is 0 Å². The van der Waals surface area contributed by atoms with E-state index in [9.17, 15) is 5.11 Å². The Labute approximate surface area is 181 Å². The molecule has 1 aliphatic rings. The SMILES string of the molecule is Cc1nc(N(C)C)nc(NC2CCC(C(C)(C)O)C2)c1-c1nc2c(C)nccc2s1. The predicted molar refractivity (Wildman–Crippen MR) is 123 cm³/mol. The molecule has 1 saturated carbocycles. The van der Waals surface area contributed by atoms with E-state index in [-0.39, 0.29) is 12.0 Å². The van der Waals surface area contributed by atoms with Crippen molar-refractivity contribution in [1.29, 1.82) is 0 Å². The van der Waals surface area contributed by atoms with E-state index in [1.807, 2.05) is 59.0 Å². The number of rotatable bonds is 5. The third-order valence-electron chi connectivity index (χ3n) is 5.95. The molecule has 7 nitrogen and oxygen atoms in total. The number of pyridine rings is 1. The normalized spacial score (nSPS) is 19.4. The van der Waals surface area contributed by atoms with Crippen molar-refractivity contribution in [3.05, 3.63) is 23.7 Å². The van der Waals surface area contributed by atoms with Gasteiger partial charge in [0, 0.05) is 26.3 Å². The van der Waals surface area contributed by atoms with Crippen molar-refractivity contribution in [1.82, 2.24) is 19.9 Å². The number of hydrogen-bond acceptors (Lipinski definition) is 8. The Balaban J connectivity index is 1.75. The monoisotopic (exact) mass is 426 g/mol. The lowest BCUT2D eigenvalue weighted by molar-refractivity contribution is 0.0197. The highest BCUT2D eigenvalue weighted by molar-refractivity contribution is 7.21. The average Bonchev–Trinajstić information content (AvgIpc) is 3.28. The van der Waals surface area contributed by atoms with Crippen molar-refractivity contribution in [2.45, 2.75) is 58.6 Å². The van der Waals surface area contributed by atoms with Crippen LogP contribution < -0.4 is 10.2 Å². The van der Waals surface area contributed by atoms with Gasteiger partial charge in [-0.05, 0) is 58.9 Å². The number of nitrogens with one attached hydrogen (secondary N) is 1. The van der Waals surface area contributed by atoms with Crippen LogP contribution in [0.25, 0.3) is 20.8 Å². The second-order valence-corrected chi connectivity index (χ2v) is 10.0. The summed E-state index contributed by atoms with van der Waals surface area (Å²) in [6.07, 6.45) is 4.77. The Morgan fingerprint density at radius 2 is 1.90 bits per heavy atom. The maximum absolute atomic E-state index is 10.4. The van der Waals surface area contributed by atoms with E-state index in [0.29, 0.717) is 5.95 Å². The van der Waals surface area contributed by atoms with Crippen molar-refractivity contribution in [2.24, 2.45) is 5.92 Å². The molecule has 1 fully saturated rings. The minimum Gasteiger partial charge on any atom is -0.390 e. The Hall–Kier alpha value is -2.32. The first-order valence-electron chi connectivity index (χ1n) is 10.4. The summed E-state index contributed by atoms with van der Waals surface area (Å²) >= 11 is 1.65. The molecule has 0 amide bonds. The van der Waals surface area contributed by atoms with Crippen LogP contribution in [0.5, 0.6) is 0 Å². The highest BCUT2D eigenvalue weighted by Gasteiger charge is 2.35. The number of thiazole rings is 1. The summed E-state index contributed by atoms with van der Waals surface area (Å²) in [5.74, 6) is 1.78. The van der Waals surface area contributed by atoms with E-state index in [1.165, 1.54) is 0 Å². The first-order valence-corrected chi connectivity index (χ1v) is 11.2. The molecule has 3 heterocycles. The number of aryl methyl sites for hydroxylation is 2. The molecule has 4 rings (SSSR count). The van der Waals surface area contributed by atoms with Crippen molar-refractivity contribution in [3.8, 4) is 10.6 Å². The van der Waals surface area contributed by atoms with Gasteiger partial charge in [-0.15, -0.1) is 11.3 Å². The topological polar surface area (TPSA) is 87.1 Å². The maximum Gasteiger partial charge on any atom is 0.227 e. The Kier molecular flexibility index (Phi) is 5.40. The molecule has 0 bridgehead atoms. The van der Waals surface area contributed by atoms with Crippen molar-refractivity contribution < 1.29 is 5.11 Å². The fraction of sp³-hybridized carbons (Fsp3) is 0.545. The predicted octanol–water partition coefficient (Wildman–Crippen LogP) is 4.18. The highest BCUT2D eigenvalue weighted by Crippen LogP contribution is 2.40. The average molecular weight is 427 g/mol. The molecular formula is C22H30N6OS. The molecule has 0 saturated heterocycles. The first-order chi connectivity index (χ1) is 14.1. The molecule has 0 spiro atoms. The smallest absolute Gasteiger partial charge is 0.227 e. The molecule has 8 heteroatoms. The summed E-state index contributed by atoms with van der Waals surface area (Å²) in [6.45, 7) is 7.81. The summed E-state index contributed by atoms with van der Waals surface area (Å²) in [4.78, 5) is 20.7. The molecule has 160 valence electrons. The quantitative estimate of drug-likeness (QED) is 0.633. The van der Waals surface area contributed by atoms with Gasteiger partial charge in [0.2, 0.25) is 5.95 Å². The van der Waals surface area contributed by atoms with Crippen LogP contribution in [0, 0.1) is 19.8 Å². The summed E-state index contributed by atoms with van der Waals surface area (Å²) in [7, 11) is 3.90. The number of fused-ring (bicyclic) bond motifs is 1. The third kappa shape index (κ3) is 3.98. The second-order valence-electron chi connectivity index (χ2n) is 8.99. The van der Waals surface area contributed by atoms with Crippen LogP contribution in [0.3, 0.4) is 0 Å². The molecule has 0 aliphatic heterocycles. The molecule has 2 unspecified atom stereocenters. The van der Waals surface area contributed by atoms with Gasteiger partial charge in [0.1, 0.15) is 16.3 Å². The zero-order valence-electron chi connectivity index (χ0n) is 18.5. The zero-order chi connectivity index (χ0) is 21.6. The van der Waals surface area contributed by atoms with Crippen LogP contribution in [0.15, 0.2) is 12.3 Å².